The maximum Gasteiger partial charge on any atom is 0.257 e. The molecule has 1 saturated heterocycles. The van der Waals surface area contributed by atoms with Crippen LogP contribution in [0.2, 0.25) is 10.0 Å². The topological polar surface area (TPSA) is 32.3 Å². The van der Waals surface area contributed by atoms with Gasteiger partial charge in [-0.15, -0.1) is 0 Å². The van der Waals surface area contributed by atoms with Crippen LogP contribution >= 0.6 is 35.4 Å². The molecule has 1 fully saturated rings. The van der Waals surface area contributed by atoms with Crippen LogP contribution in [0.25, 0.3) is 0 Å². The van der Waals surface area contributed by atoms with E-state index < -0.39 is 0 Å². The Labute approximate surface area is 134 Å². The van der Waals surface area contributed by atoms with E-state index in [0.717, 1.165) is 31.8 Å². The van der Waals surface area contributed by atoms with Gasteiger partial charge in [0, 0.05) is 28.7 Å². The lowest BCUT2D eigenvalue weighted by molar-refractivity contribution is 0.0972. The molecule has 0 spiro atoms. The molecule has 1 N–H and O–H groups in total. The van der Waals surface area contributed by atoms with Gasteiger partial charge in [-0.3, -0.25) is 10.1 Å². The summed E-state index contributed by atoms with van der Waals surface area (Å²) in [5.41, 5.74) is 0.412. The first-order valence-corrected chi connectivity index (χ1v) is 7.68. The van der Waals surface area contributed by atoms with Crippen LogP contribution in [0.4, 0.5) is 0 Å². The SMILES string of the molecule is CC1CCN(C(=S)NC(=O)c2cc(Cl)cc(Cl)c2)CC1. The second-order valence-electron chi connectivity index (χ2n) is 5.09. The monoisotopic (exact) mass is 330 g/mol. The van der Waals surface area contributed by atoms with Gasteiger partial charge in [0.1, 0.15) is 0 Å². The van der Waals surface area contributed by atoms with Crippen molar-refractivity contribution in [3.8, 4) is 0 Å². The van der Waals surface area contributed by atoms with E-state index in [4.69, 9.17) is 35.4 Å². The highest BCUT2D eigenvalue weighted by molar-refractivity contribution is 7.80. The van der Waals surface area contributed by atoms with Crippen molar-refractivity contribution in [3.63, 3.8) is 0 Å². The van der Waals surface area contributed by atoms with Gasteiger partial charge in [-0.05, 0) is 49.2 Å². The molecule has 0 saturated carbocycles. The molecule has 1 amide bonds. The zero-order valence-corrected chi connectivity index (χ0v) is 13.5. The van der Waals surface area contributed by atoms with E-state index >= 15 is 0 Å². The number of hydrogen-bond donors (Lipinski definition) is 1. The van der Waals surface area contributed by atoms with E-state index in [1.54, 1.807) is 18.2 Å². The molecular weight excluding hydrogens is 315 g/mol. The van der Waals surface area contributed by atoms with E-state index in [-0.39, 0.29) is 5.91 Å². The molecule has 1 heterocycles. The van der Waals surface area contributed by atoms with Crippen molar-refractivity contribution in [3.05, 3.63) is 33.8 Å². The summed E-state index contributed by atoms with van der Waals surface area (Å²) in [7, 11) is 0. The average molecular weight is 331 g/mol. The van der Waals surface area contributed by atoms with Gasteiger partial charge in [-0.2, -0.15) is 0 Å². The number of benzene rings is 1. The molecule has 0 aromatic heterocycles. The average Bonchev–Trinajstić information content (AvgIpc) is 2.38. The number of nitrogens with zero attached hydrogens (tertiary/aromatic N) is 1. The Kier molecular flexibility index (Phi) is 5.24. The first-order chi connectivity index (χ1) is 9.45. The molecule has 0 atom stereocenters. The molecule has 0 bridgehead atoms. The van der Waals surface area contributed by atoms with Gasteiger partial charge in [-0.1, -0.05) is 30.1 Å². The van der Waals surface area contributed by atoms with Crippen LogP contribution in [-0.4, -0.2) is 29.0 Å². The number of likely N-dealkylation sites (tertiary alicyclic amines) is 1. The third-order valence-electron chi connectivity index (χ3n) is 3.42. The maximum absolute atomic E-state index is 12.1. The number of rotatable bonds is 1. The number of thiocarbonyl (C=S) groups is 1. The summed E-state index contributed by atoms with van der Waals surface area (Å²) in [6.45, 7) is 4.00. The molecule has 108 valence electrons. The van der Waals surface area contributed by atoms with Gasteiger partial charge in [0.15, 0.2) is 5.11 Å². The molecule has 1 aromatic carbocycles. The summed E-state index contributed by atoms with van der Waals surface area (Å²) < 4.78 is 0. The van der Waals surface area contributed by atoms with Crippen LogP contribution in [0.3, 0.4) is 0 Å². The maximum atomic E-state index is 12.1. The molecule has 1 aliphatic rings. The molecular formula is C14H16Cl2N2OS. The Morgan fingerprint density at radius 2 is 1.80 bits per heavy atom. The van der Waals surface area contributed by atoms with Crippen molar-refractivity contribution in [2.75, 3.05) is 13.1 Å². The van der Waals surface area contributed by atoms with E-state index in [1.165, 1.54) is 0 Å². The van der Waals surface area contributed by atoms with Crippen LogP contribution < -0.4 is 5.32 Å². The number of hydrogen-bond acceptors (Lipinski definition) is 2. The number of carbonyl (C=O) groups is 1. The van der Waals surface area contributed by atoms with Crippen molar-refractivity contribution in [1.29, 1.82) is 0 Å². The van der Waals surface area contributed by atoms with Crippen LogP contribution in [0.1, 0.15) is 30.1 Å². The zero-order valence-electron chi connectivity index (χ0n) is 11.2. The summed E-state index contributed by atoms with van der Waals surface area (Å²) in [5, 5.41) is 4.07. The molecule has 3 nitrogen and oxygen atoms in total. The smallest absolute Gasteiger partial charge is 0.257 e. The van der Waals surface area contributed by atoms with Crippen molar-refractivity contribution < 1.29 is 4.79 Å². The van der Waals surface area contributed by atoms with Crippen LogP contribution in [-0.2, 0) is 0 Å². The minimum Gasteiger partial charge on any atom is -0.349 e. The van der Waals surface area contributed by atoms with E-state index in [0.29, 0.717) is 20.7 Å². The minimum absolute atomic E-state index is 0.280. The zero-order chi connectivity index (χ0) is 14.7. The van der Waals surface area contributed by atoms with Gasteiger partial charge < -0.3 is 4.90 Å². The number of halogens is 2. The lowest BCUT2D eigenvalue weighted by atomic mass is 10.00. The fourth-order valence-electron chi connectivity index (χ4n) is 2.14. The first kappa shape index (κ1) is 15.5. The normalized spacial score (nSPS) is 16.1. The van der Waals surface area contributed by atoms with Crippen molar-refractivity contribution in [2.45, 2.75) is 19.8 Å². The van der Waals surface area contributed by atoms with Gasteiger partial charge in [0.25, 0.3) is 5.91 Å². The predicted octanol–water partition coefficient (Wildman–Crippen LogP) is 3.74. The second kappa shape index (κ2) is 6.74. The molecule has 0 unspecified atom stereocenters. The fraction of sp³-hybridized carbons (Fsp3) is 0.429. The van der Waals surface area contributed by atoms with Crippen molar-refractivity contribution in [2.24, 2.45) is 5.92 Å². The van der Waals surface area contributed by atoms with Crippen molar-refractivity contribution in [1.82, 2.24) is 10.2 Å². The number of amides is 1. The van der Waals surface area contributed by atoms with Crippen LogP contribution in [0.5, 0.6) is 0 Å². The molecule has 1 aromatic rings. The lowest BCUT2D eigenvalue weighted by Gasteiger charge is -2.32. The Bertz CT molecular complexity index is 508. The molecule has 6 heteroatoms. The Morgan fingerprint density at radius 1 is 1.25 bits per heavy atom. The largest absolute Gasteiger partial charge is 0.349 e. The molecule has 2 rings (SSSR count). The Morgan fingerprint density at radius 3 is 2.35 bits per heavy atom. The van der Waals surface area contributed by atoms with E-state index in [1.807, 2.05) is 4.90 Å². The standard InChI is InChI=1S/C14H16Cl2N2OS/c1-9-2-4-18(5-3-9)14(20)17-13(19)10-6-11(15)8-12(16)7-10/h6-9H,2-5H2,1H3,(H,17,19,20). The Hall–Kier alpha value is -0.840. The molecule has 0 radical (unpaired) electrons. The third-order valence-corrected chi connectivity index (χ3v) is 4.21. The second-order valence-corrected chi connectivity index (χ2v) is 6.35. The first-order valence-electron chi connectivity index (χ1n) is 6.52. The van der Waals surface area contributed by atoms with Gasteiger partial charge in [-0.25, -0.2) is 0 Å². The Balaban J connectivity index is 1.98. The van der Waals surface area contributed by atoms with E-state index in [9.17, 15) is 4.79 Å². The minimum atomic E-state index is -0.280. The van der Waals surface area contributed by atoms with Crippen LogP contribution in [0, 0.1) is 5.92 Å². The lowest BCUT2D eigenvalue weighted by Crippen LogP contribution is -2.46. The third kappa shape index (κ3) is 4.08. The fourth-order valence-corrected chi connectivity index (χ4v) is 2.95. The highest BCUT2D eigenvalue weighted by Gasteiger charge is 2.19. The van der Waals surface area contributed by atoms with Crippen LogP contribution in [0.15, 0.2) is 18.2 Å². The number of nitrogens with one attached hydrogen (secondary N) is 1. The summed E-state index contributed by atoms with van der Waals surface area (Å²) in [6.07, 6.45) is 2.19. The van der Waals surface area contributed by atoms with Crippen molar-refractivity contribution >= 4 is 46.4 Å². The molecule has 1 aliphatic heterocycles. The van der Waals surface area contributed by atoms with Gasteiger partial charge >= 0.3 is 0 Å². The summed E-state index contributed by atoms with van der Waals surface area (Å²) in [4.78, 5) is 14.2. The molecule has 20 heavy (non-hydrogen) atoms. The molecule has 0 aliphatic carbocycles. The number of piperidine rings is 1. The number of carbonyl (C=O) groups excluding carboxylic acids is 1. The predicted molar refractivity (Wildman–Crippen MR) is 86.5 cm³/mol. The summed E-state index contributed by atoms with van der Waals surface area (Å²) in [6, 6.07) is 4.73. The van der Waals surface area contributed by atoms with Gasteiger partial charge in [0.05, 0.1) is 0 Å². The van der Waals surface area contributed by atoms with E-state index in [2.05, 4.69) is 12.2 Å². The van der Waals surface area contributed by atoms with Gasteiger partial charge in [0.2, 0.25) is 0 Å². The highest BCUT2D eigenvalue weighted by Crippen LogP contribution is 2.19. The quantitative estimate of drug-likeness (QED) is 0.796. The summed E-state index contributed by atoms with van der Waals surface area (Å²) in [5.74, 6) is 0.439. The highest BCUT2D eigenvalue weighted by atomic mass is 35.5. The summed E-state index contributed by atoms with van der Waals surface area (Å²) >= 11 is 17.1.